The topological polar surface area (TPSA) is 72.7 Å². The number of hydrogen-bond acceptors (Lipinski definition) is 4. The Labute approximate surface area is 153 Å². The van der Waals surface area contributed by atoms with Crippen molar-refractivity contribution < 1.29 is 13.6 Å². The molecule has 2 heterocycles. The van der Waals surface area contributed by atoms with Crippen LogP contribution in [0, 0.1) is 24.5 Å². The predicted octanol–water partition coefficient (Wildman–Crippen LogP) is 3.16. The highest BCUT2D eigenvalue weighted by Gasteiger charge is 2.50. The number of aryl methyl sites for hydroxylation is 1. The third-order valence-corrected chi connectivity index (χ3v) is 5.14. The second-order valence-corrected chi connectivity index (χ2v) is 7.02. The minimum Gasteiger partial charge on any atom is -0.304 e. The molecule has 136 valence electrons. The van der Waals surface area contributed by atoms with Crippen LogP contribution in [0.2, 0.25) is 0 Å². The SMILES string of the molecule is Cc1cnc(NC(=O)c2nn(-c3ccc(F)cc3F)c3c2C[C@H]2C[C@@H]32)cn1. The van der Waals surface area contributed by atoms with Gasteiger partial charge in [0.05, 0.1) is 23.8 Å². The van der Waals surface area contributed by atoms with E-state index >= 15 is 0 Å². The van der Waals surface area contributed by atoms with Crippen molar-refractivity contribution in [2.24, 2.45) is 5.92 Å². The molecule has 8 heteroatoms. The van der Waals surface area contributed by atoms with Crippen molar-refractivity contribution in [2.45, 2.75) is 25.7 Å². The van der Waals surface area contributed by atoms with E-state index < -0.39 is 17.5 Å². The third kappa shape index (κ3) is 2.59. The van der Waals surface area contributed by atoms with Gasteiger partial charge in [0.2, 0.25) is 0 Å². The minimum absolute atomic E-state index is 0.148. The fourth-order valence-corrected chi connectivity index (χ4v) is 3.77. The first kappa shape index (κ1) is 16.0. The maximum Gasteiger partial charge on any atom is 0.277 e. The number of carbonyl (C=O) groups is 1. The molecule has 2 aliphatic carbocycles. The van der Waals surface area contributed by atoms with E-state index in [4.69, 9.17) is 0 Å². The molecule has 27 heavy (non-hydrogen) atoms. The fraction of sp³-hybridized carbons (Fsp3) is 0.263. The number of amides is 1. The van der Waals surface area contributed by atoms with E-state index in [9.17, 15) is 13.6 Å². The van der Waals surface area contributed by atoms with Crippen molar-refractivity contribution in [1.29, 1.82) is 0 Å². The van der Waals surface area contributed by atoms with Crippen molar-refractivity contribution in [1.82, 2.24) is 19.7 Å². The van der Waals surface area contributed by atoms with Crippen LogP contribution < -0.4 is 5.32 Å². The number of aromatic nitrogens is 4. The van der Waals surface area contributed by atoms with Gasteiger partial charge >= 0.3 is 0 Å². The summed E-state index contributed by atoms with van der Waals surface area (Å²) < 4.78 is 29.1. The van der Waals surface area contributed by atoms with Gasteiger partial charge in [-0.05, 0) is 37.8 Å². The Balaban J connectivity index is 1.55. The van der Waals surface area contributed by atoms with Crippen LogP contribution in [-0.2, 0) is 6.42 Å². The molecule has 6 nitrogen and oxygen atoms in total. The van der Waals surface area contributed by atoms with Crippen LogP contribution in [0.5, 0.6) is 0 Å². The van der Waals surface area contributed by atoms with Crippen molar-refractivity contribution in [3.8, 4) is 5.69 Å². The van der Waals surface area contributed by atoms with Crippen LogP contribution >= 0.6 is 0 Å². The van der Waals surface area contributed by atoms with Gasteiger partial charge in [-0.2, -0.15) is 5.10 Å². The summed E-state index contributed by atoms with van der Waals surface area (Å²) in [5, 5.41) is 7.07. The molecule has 1 amide bonds. The Morgan fingerprint density at radius 2 is 2.11 bits per heavy atom. The molecule has 0 bridgehead atoms. The second-order valence-electron chi connectivity index (χ2n) is 7.02. The molecule has 3 aromatic rings. The molecule has 0 radical (unpaired) electrons. The van der Waals surface area contributed by atoms with Gasteiger partial charge in [-0.25, -0.2) is 18.4 Å². The minimum atomic E-state index is -0.708. The number of carbonyl (C=O) groups excluding carboxylic acids is 1. The van der Waals surface area contributed by atoms with Crippen molar-refractivity contribution >= 4 is 11.7 Å². The average molecular weight is 367 g/mol. The number of fused-ring (bicyclic) bond motifs is 3. The quantitative estimate of drug-likeness (QED) is 0.772. The maximum absolute atomic E-state index is 14.3. The zero-order chi connectivity index (χ0) is 18.7. The van der Waals surface area contributed by atoms with E-state index in [1.807, 2.05) is 0 Å². The van der Waals surface area contributed by atoms with Crippen LogP contribution in [0.3, 0.4) is 0 Å². The molecule has 1 fully saturated rings. The van der Waals surface area contributed by atoms with Crippen LogP contribution in [0.25, 0.3) is 5.69 Å². The lowest BCUT2D eigenvalue weighted by molar-refractivity contribution is 0.102. The van der Waals surface area contributed by atoms with Crippen LogP contribution in [-0.4, -0.2) is 25.7 Å². The summed E-state index contributed by atoms with van der Waals surface area (Å²) in [5.41, 5.74) is 2.82. The maximum atomic E-state index is 14.3. The Kier molecular flexibility index (Phi) is 3.37. The smallest absolute Gasteiger partial charge is 0.277 e. The lowest BCUT2D eigenvalue weighted by Crippen LogP contribution is -2.16. The van der Waals surface area contributed by atoms with Gasteiger partial charge in [0.1, 0.15) is 11.5 Å². The molecule has 0 unspecified atom stereocenters. The van der Waals surface area contributed by atoms with Gasteiger partial charge in [-0.15, -0.1) is 0 Å². The first-order valence-electron chi connectivity index (χ1n) is 8.68. The molecule has 5 rings (SSSR count). The lowest BCUT2D eigenvalue weighted by Gasteiger charge is -2.07. The largest absolute Gasteiger partial charge is 0.304 e. The summed E-state index contributed by atoms with van der Waals surface area (Å²) >= 11 is 0. The summed E-state index contributed by atoms with van der Waals surface area (Å²) in [7, 11) is 0. The van der Waals surface area contributed by atoms with Gasteiger partial charge < -0.3 is 5.32 Å². The number of nitrogens with zero attached hydrogens (tertiary/aromatic N) is 4. The molecule has 2 aromatic heterocycles. The number of anilines is 1. The standard InChI is InChI=1S/C19H15F2N5O/c1-9-7-23-16(8-22-9)24-19(27)17-13-5-10-4-12(10)18(13)26(25-17)15-3-2-11(20)6-14(15)21/h2-3,6-8,10,12H,4-5H2,1H3,(H,23,24,27)/t10-,12-/m1/s1. The van der Waals surface area contributed by atoms with Gasteiger partial charge in [0, 0.05) is 17.5 Å². The highest BCUT2D eigenvalue weighted by molar-refractivity contribution is 6.03. The lowest BCUT2D eigenvalue weighted by atomic mass is 10.1. The van der Waals surface area contributed by atoms with E-state index in [-0.39, 0.29) is 17.3 Å². The second kappa shape index (κ2) is 5.67. The number of nitrogens with one attached hydrogen (secondary N) is 1. The zero-order valence-electron chi connectivity index (χ0n) is 14.4. The molecule has 2 atom stereocenters. The predicted molar refractivity (Wildman–Crippen MR) is 92.8 cm³/mol. The molecule has 0 saturated heterocycles. The van der Waals surface area contributed by atoms with E-state index in [0.717, 1.165) is 35.9 Å². The summed E-state index contributed by atoms with van der Waals surface area (Å²) in [4.78, 5) is 21.0. The summed E-state index contributed by atoms with van der Waals surface area (Å²) in [6.45, 7) is 1.80. The fourth-order valence-electron chi connectivity index (χ4n) is 3.77. The summed E-state index contributed by atoms with van der Waals surface area (Å²) in [5.74, 6) is -0.700. The third-order valence-electron chi connectivity index (χ3n) is 5.14. The highest BCUT2D eigenvalue weighted by Crippen LogP contribution is 2.57. The molecule has 1 N–H and O–H groups in total. The van der Waals surface area contributed by atoms with Gasteiger partial charge in [-0.3, -0.25) is 9.78 Å². The summed E-state index contributed by atoms with van der Waals surface area (Å²) in [6.07, 6.45) is 4.78. The average Bonchev–Trinajstić information content (AvgIpc) is 3.14. The molecule has 0 aliphatic heterocycles. The van der Waals surface area contributed by atoms with E-state index in [0.29, 0.717) is 11.7 Å². The molecule has 1 saturated carbocycles. The van der Waals surface area contributed by atoms with Crippen molar-refractivity contribution in [2.75, 3.05) is 5.32 Å². The van der Waals surface area contributed by atoms with Gasteiger partial charge in [0.25, 0.3) is 5.91 Å². The molecule has 1 aromatic carbocycles. The Bertz CT molecular complexity index is 1080. The first-order chi connectivity index (χ1) is 13.0. The Morgan fingerprint density at radius 1 is 1.26 bits per heavy atom. The van der Waals surface area contributed by atoms with E-state index in [1.165, 1.54) is 23.0 Å². The molecule has 0 spiro atoms. The number of rotatable bonds is 3. The molecular weight excluding hydrogens is 352 g/mol. The number of hydrogen-bond donors (Lipinski definition) is 1. The van der Waals surface area contributed by atoms with E-state index in [1.54, 1.807) is 13.1 Å². The monoisotopic (exact) mass is 367 g/mol. The first-order valence-corrected chi connectivity index (χ1v) is 8.68. The Morgan fingerprint density at radius 3 is 2.85 bits per heavy atom. The molecule has 2 aliphatic rings. The van der Waals surface area contributed by atoms with Crippen molar-refractivity contribution in [3.63, 3.8) is 0 Å². The summed E-state index contributed by atoms with van der Waals surface area (Å²) in [6, 6.07) is 3.36. The van der Waals surface area contributed by atoms with Gasteiger partial charge in [-0.1, -0.05) is 0 Å². The normalized spacial score (nSPS) is 19.5. The van der Waals surface area contributed by atoms with Crippen molar-refractivity contribution in [3.05, 3.63) is 64.9 Å². The Hall–Kier alpha value is -3.16. The highest BCUT2D eigenvalue weighted by atomic mass is 19.1. The van der Waals surface area contributed by atoms with Gasteiger partial charge in [0.15, 0.2) is 17.3 Å². The van der Waals surface area contributed by atoms with E-state index in [2.05, 4.69) is 20.4 Å². The van der Waals surface area contributed by atoms with Crippen LogP contribution in [0.4, 0.5) is 14.6 Å². The van der Waals surface area contributed by atoms with Crippen LogP contribution in [0.15, 0.2) is 30.6 Å². The molecular formula is C19H15F2N5O. The zero-order valence-corrected chi connectivity index (χ0v) is 14.4. The van der Waals surface area contributed by atoms with Crippen LogP contribution in [0.1, 0.15) is 39.8 Å². The number of benzene rings is 1. The number of halogens is 2.